The first-order valence-electron chi connectivity index (χ1n) is 11.7. The molecule has 0 spiro atoms. The minimum Gasteiger partial charge on any atom is -0.476 e. The van der Waals surface area contributed by atoms with Gasteiger partial charge in [0.1, 0.15) is 5.82 Å². The normalized spacial score (nSPS) is 11.3. The molecule has 0 aliphatic rings. The van der Waals surface area contributed by atoms with Crippen LogP contribution in [0.1, 0.15) is 36.7 Å². The van der Waals surface area contributed by atoms with Crippen molar-refractivity contribution in [3.63, 3.8) is 0 Å². The summed E-state index contributed by atoms with van der Waals surface area (Å²) in [6.07, 6.45) is 1.29. The SMILES string of the molecule is Cc1ccc(NC(=O)COc2c(C=Nn3c(C(C)C)nc4ccc(Br)cc4c3=O)cccc2[N+](=O)[O-])cc1. The van der Waals surface area contributed by atoms with Gasteiger partial charge in [0.25, 0.3) is 11.5 Å². The minimum atomic E-state index is -0.606. The van der Waals surface area contributed by atoms with Crippen molar-refractivity contribution >= 4 is 50.3 Å². The molecule has 4 aromatic rings. The molecule has 0 saturated heterocycles. The molecular formula is C27H24BrN5O5. The first-order valence-corrected chi connectivity index (χ1v) is 12.5. The smallest absolute Gasteiger partial charge is 0.311 e. The number of carbonyl (C=O) groups excluding carboxylic acids is 1. The number of nitro benzene ring substituents is 1. The second-order valence-electron chi connectivity index (χ2n) is 8.80. The molecule has 1 heterocycles. The van der Waals surface area contributed by atoms with E-state index in [2.05, 4.69) is 31.3 Å². The minimum absolute atomic E-state index is 0.140. The van der Waals surface area contributed by atoms with Gasteiger partial charge in [-0.05, 0) is 43.3 Å². The third-order valence-corrected chi connectivity index (χ3v) is 6.06. The summed E-state index contributed by atoms with van der Waals surface area (Å²) in [6.45, 7) is 5.22. The highest BCUT2D eigenvalue weighted by Gasteiger charge is 2.20. The number of carbonyl (C=O) groups is 1. The number of aryl methyl sites for hydroxylation is 1. The van der Waals surface area contributed by atoms with E-state index in [4.69, 9.17) is 4.74 Å². The van der Waals surface area contributed by atoms with Crippen LogP contribution in [0.3, 0.4) is 0 Å². The fourth-order valence-corrected chi connectivity index (χ4v) is 4.05. The highest BCUT2D eigenvalue weighted by atomic mass is 79.9. The zero-order chi connectivity index (χ0) is 27.4. The van der Waals surface area contributed by atoms with Crippen molar-refractivity contribution in [2.45, 2.75) is 26.7 Å². The lowest BCUT2D eigenvalue weighted by Crippen LogP contribution is -2.23. The number of halogens is 1. The lowest BCUT2D eigenvalue weighted by Gasteiger charge is -2.13. The van der Waals surface area contributed by atoms with E-state index in [9.17, 15) is 19.7 Å². The summed E-state index contributed by atoms with van der Waals surface area (Å²) in [4.78, 5) is 41.4. The summed E-state index contributed by atoms with van der Waals surface area (Å²) in [5.74, 6) is -0.348. The summed E-state index contributed by atoms with van der Waals surface area (Å²) < 4.78 is 7.51. The Hall–Kier alpha value is -4.38. The molecule has 1 N–H and O–H groups in total. The number of anilines is 1. The van der Waals surface area contributed by atoms with Crippen LogP contribution in [0.5, 0.6) is 5.75 Å². The van der Waals surface area contributed by atoms with Crippen molar-refractivity contribution in [2.24, 2.45) is 5.10 Å². The first-order chi connectivity index (χ1) is 18.1. The molecule has 3 aromatic carbocycles. The molecule has 0 aliphatic carbocycles. The molecule has 10 nitrogen and oxygen atoms in total. The average Bonchev–Trinajstić information content (AvgIpc) is 2.88. The van der Waals surface area contributed by atoms with Crippen LogP contribution in [0.2, 0.25) is 0 Å². The predicted octanol–water partition coefficient (Wildman–Crippen LogP) is 5.40. The van der Waals surface area contributed by atoms with Crippen LogP contribution in [0.4, 0.5) is 11.4 Å². The van der Waals surface area contributed by atoms with Gasteiger partial charge in [-0.2, -0.15) is 9.78 Å². The van der Waals surface area contributed by atoms with E-state index < -0.39 is 17.4 Å². The third-order valence-electron chi connectivity index (χ3n) is 5.57. The second-order valence-corrected chi connectivity index (χ2v) is 9.72. The zero-order valence-corrected chi connectivity index (χ0v) is 22.4. The van der Waals surface area contributed by atoms with Crippen LogP contribution in [-0.4, -0.2) is 33.3 Å². The molecule has 0 radical (unpaired) electrons. The summed E-state index contributed by atoms with van der Waals surface area (Å²) >= 11 is 3.37. The Balaban J connectivity index is 1.68. The van der Waals surface area contributed by atoms with Gasteiger partial charge in [0, 0.05) is 27.7 Å². The quantitative estimate of drug-likeness (QED) is 0.169. The number of nitro groups is 1. The van der Waals surface area contributed by atoms with E-state index in [0.29, 0.717) is 22.4 Å². The number of para-hydroxylation sites is 1. The topological polar surface area (TPSA) is 129 Å². The maximum Gasteiger partial charge on any atom is 0.311 e. The molecule has 0 atom stereocenters. The maximum absolute atomic E-state index is 13.3. The Kier molecular flexibility index (Phi) is 7.96. The molecular weight excluding hydrogens is 554 g/mol. The molecule has 4 rings (SSSR count). The summed E-state index contributed by atoms with van der Waals surface area (Å²) in [7, 11) is 0. The first kappa shape index (κ1) is 26.7. The number of ether oxygens (including phenoxy) is 1. The average molecular weight is 578 g/mol. The third kappa shape index (κ3) is 5.94. The molecule has 0 unspecified atom stereocenters. The summed E-state index contributed by atoms with van der Waals surface area (Å²) in [6, 6.07) is 16.7. The van der Waals surface area contributed by atoms with Gasteiger partial charge in [0.05, 0.1) is 22.0 Å². The standard InChI is InChI=1S/C27H24BrN5O5/c1-16(2)26-31-22-12-9-19(28)13-21(22)27(35)32(26)29-14-18-5-4-6-23(33(36)37)25(18)38-15-24(34)30-20-10-7-17(3)8-11-20/h4-14,16H,15H2,1-3H3,(H,30,34). The van der Waals surface area contributed by atoms with Crippen molar-refractivity contribution < 1.29 is 14.5 Å². The highest BCUT2D eigenvalue weighted by molar-refractivity contribution is 9.10. The Morgan fingerprint density at radius 2 is 1.95 bits per heavy atom. The van der Waals surface area contributed by atoms with Crippen LogP contribution in [0, 0.1) is 17.0 Å². The highest BCUT2D eigenvalue weighted by Crippen LogP contribution is 2.30. The van der Waals surface area contributed by atoms with Crippen molar-refractivity contribution in [3.8, 4) is 5.75 Å². The monoisotopic (exact) mass is 577 g/mol. The number of hydrogen-bond donors (Lipinski definition) is 1. The molecule has 0 aliphatic heterocycles. The predicted molar refractivity (Wildman–Crippen MR) is 149 cm³/mol. The van der Waals surface area contributed by atoms with Gasteiger partial charge in [0.15, 0.2) is 6.61 Å². The van der Waals surface area contributed by atoms with Crippen molar-refractivity contribution in [1.82, 2.24) is 9.66 Å². The Bertz CT molecular complexity index is 1610. The van der Waals surface area contributed by atoms with Crippen LogP contribution in [0.15, 0.2) is 75.0 Å². The van der Waals surface area contributed by atoms with Gasteiger partial charge in [-0.1, -0.05) is 53.5 Å². The fraction of sp³-hybridized carbons (Fsp3) is 0.185. The summed E-state index contributed by atoms with van der Waals surface area (Å²) in [5, 5.41) is 19.1. The van der Waals surface area contributed by atoms with Crippen LogP contribution >= 0.6 is 15.9 Å². The number of nitrogens with one attached hydrogen (secondary N) is 1. The number of fused-ring (bicyclic) bond motifs is 1. The second kappa shape index (κ2) is 11.3. The van der Waals surface area contributed by atoms with E-state index in [1.54, 1.807) is 36.4 Å². The maximum atomic E-state index is 13.3. The number of benzene rings is 3. The zero-order valence-electron chi connectivity index (χ0n) is 20.8. The van der Waals surface area contributed by atoms with E-state index >= 15 is 0 Å². The van der Waals surface area contributed by atoms with Gasteiger partial charge in [-0.3, -0.25) is 19.7 Å². The summed E-state index contributed by atoms with van der Waals surface area (Å²) in [5.41, 5.74) is 1.64. The van der Waals surface area contributed by atoms with Gasteiger partial charge in [-0.15, -0.1) is 0 Å². The molecule has 0 fully saturated rings. The van der Waals surface area contributed by atoms with Crippen LogP contribution < -0.4 is 15.6 Å². The van der Waals surface area contributed by atoms with E-state index in [1.165, 1.54) is 23.0 Å². The van der Waals surface area contributed by atoms with Crippen LogP contribution in [-0.2, 0) is 4.79 Å². The van der Waals surface area contributed by atoms with Gasteiger partial charge >= 0.3 is 5.69 Å². The number of amides is 1. The number of hydrogen-bond acceptors (Lipinski definition) is 7. The van der Waals surface area contributed by atoms with E-state index in [-0.39, 0.29) is 28.5 Å². The molecule has 0 bridgehead atoms. The molecule has 1 aromatic heterocycles. The van der Waals surface area contributed by atoms with E-state index in [1.807, 2.05) is 32.9 Å². The van der Waals surface area contributed by atoms with Gasteiger partial charge in [-0.25, -0.2) is 4.98 Å². The van der Waals surface area contributed by atoms with Crippen LogP contribution in [0.25, 0.3) is 10.9 Å². The molecule has 194 valence electrons. The van der Waals surface area contributed by atoms with Gasteiger partial charge in [0.2, 0.25) is 5.75 Å². The lowest BCUT2D eigenvalue weighted by molar-refractivity contribution is -0.385. The molecule has 11 heteroatoms. The Morgan fingerprint density at radius 1 is 1.21 bits per heavy atom. The fourth-order valence-electron chi connectivity index (χ4n) is 3.69. The molecule has 1 amide bonds. The van der Waals surface area contributed by atoms with Crippen molar-refractivity contribution in [2.75, 3.05) is 11.9 Å². The number of nitrogens with zero attached hydrogens (tertiary/aromatic N) is 4. The Morgan fingerprint density at radius 3 is 2.63 bits per heavy atom. The molecule has 0 saturated carbocycles. The van der Waals surface area contributed by atoms with Crippen molar-refractivity contribution in [3.05, 3.63) is 103 Å². The molecule has 38 heavy (non-hydrogen) atoms. The largest absolute Gasteiger partial charge is 0.476 e. The van der Waals surface area contributed by atoms with E-state index in [0.717, 1.165) is 10.0 Å². The Labute approximate surface area is 226 Å². The number of aromatic nitrogens is 2. The van der Waals surface area contributed by atoms with Gasteiger partial charge < -0.3 is 10.1 Å². The number of rotatable bonds is 8. The van der Waals surface area contributed by atoms with Crippen molar-refractivity contribution in [1.29, 1.82) is 0 Å². The lowest BCUT2D eigenvalue weighted by atomic mass is 10.2.